The highest BCUT2D eigenvalue weighted by Gasteiger charge is 2.32. The zero-order valence-corrected chi connectivity index (χ0v) is 13.3. The largest absolute Gasteiger partial charge is 0.488 e. The van der Waals surface area contributed by atoms with E-state index >= 15 is 0 Å². The zero-order chi connectivity index (χ0) is 15.4. The first-order chi connectivity index (χ1) is 10.8. The van der Waals surface area contributed by atoms with Crippen LogP contribution >= 0.6 is 0 Å². The van der Waals surface area contributed by atoms with Gasteiger partial charge in [0.15, 0.2) is 0 Å². The van der Waals surface area contributed by atoms with Crippen molar-refractivity contribution in [3.05, 3.63) is 29.8 Å². The van der Waals surface area contributed by atoms with Crippen molar-refractivity contribution in [3.8, 4) is 5.75 Å². The molecule has 0 spiro atoms. The third-order valence-corrected chi connectivity index (χ3v) is 4.45. The maximum absolute atomic E-state index is 12.7. The van der Waals surface area contributed by atoms with Crippen LogP contribution < -0.4 is 4.74 Å². The summed E-state index contributed by atoms with van der Waals surface area (Å²) in [5, 5.41) is 0. The summed E-state index contributed by atoms with van der Waals surface area (Å²) in [6.45, 7) is 4.17. The van der Waals surface area contributed by atoms with Crippen molar-refractivity contribution in [1.82, 2.24) is 4.90 Å². The van der Waals surface area contributed by atoms with E-state index in [1.807, 2.05) is 29.2 Å². The Morgan fingerprint density at radius 2 is 2.23 bits per heavy atom. The molecular formula is C18H25NO3. The highest BCUT2D eigenvalue weighted by atomic mass is 16.5. The van der Waals surface area contributed by atoms with Gasteiger partial charge in [-0.25, -0.2) is 0 Å². The molecule has 0 N–H and O–H groups in total. The predicted octanol–water partition coefficient (Wildman–Crippen LogP) is 3.15. The molecule has 2 heterocycles. The minimum atomic E-state index is -0.253. The van der Waals surface area contributed by atoms with Crippen LogP contribution in [-0.2, 0) is 16.1 Å². The highest BCUT2D eigenvalue weighted by molar-refractivity contribution is 5.81. The van der Waals surface area contributed by atoms with Crippen LogP contribution in [0.25, 0.3) is 0 Å². The molecule has 0 radical (unpaired) electrons. The van der Waals surface area contributed by atoms with E-state index in [0.717, 1.165) is 43.4 Å². The van der Waals surface area contributed by atoms with Gasteiger partial charge in [0.25, 0.3) is 5.91 Å². The highest BCUT2D eigenvalue weighted by Crippen LogP contribution is 2.27. The maximum Gasteiger partial charge on any atom is 0.252 e. The molecule has 0 aliphatic carbocycles. The van der Waals surface area contributed by atoms with Gasteiger partial charge in [-0.1, -0.05) is 31.5 Å². The molecule has 1 aromatic carbocycles. The van der Waals surface area contributed by atoms with Crippen molar-refractivity contribution in [3.63, 3.8) is 0 Å². The number of carbonyl (C=O) groups excluding carboxylic acids is 1. The second-order valence-electron chi connectivity index (χ2n) is 6.21. The fourth-order valence-electron chi connectivity index (χ4n) is 3.21. The molecule has 0 aromatic heterocycles. The lowest BCUT2D eigenvalue weighted by molar-refractivity contribution is -0.142. The summed E-state index contributed by atoms with van der Waals surface area (Å²) < 4.78 is 11.7. The second kappa shape index (κ2) is 7.14. The number of fused-ring (bicyclic) bond motifs is 1. The van der Waals surface area contributed by atoms with E-state index < -0.39 is 0 Å². The molecule has 0 saturated carbocycles. The molecule has 4 nitrogen and oxygen atoms in total. The zero-order valence-electron chi connectivity index (χ0n) is 13.3. The van der Waals surface area contributed by atoms with E-state index in [9.17, 15) is 4.79 Å². The molecule has 1 fully saturated rings. The van der Waals surface area contributed by atoms with Crippen LogP contribution in [0.15, 0.2) is 24.3 Å². The molecule has 0 bridgehead atoms. The van der Waals surface area contributed by atoms with Gasteiger partial charge in [0.05, 0.1) is 6.54 Å². The number of ether oxygens (including phenoxy) is 2. The summed E-state index contributed by atoms with van der Waals surface area (Å²) in [6, 6.07) is 8.05. The van der Waals surface area contributed by atoms with Crippen LogP contribution in [0.1, 0.15) is 44.6 Å². The first-order valence-electron chi connectivity index (χ1n) is 8.43. The molecule has 120 valence electrons. The topological polar surface area (TPSA) is 38.8 Å². The molecule has 2 unspecified atom stereocenters. The van der Waals surface area contributed by atoms with Crippen LogP contribution in [0, 0.1) is 0 Å². The lowest BCUT2D eigenvalue weighted by Gasteiger charge is -2.26. The number of carbonyl (C=O) groups is 1. The van der Waals surface area contributed by atoms with Gasteiger partial charge in [0.1, 0.15) is 18.0 Å². The van der Waals surface area contributed by atoms with Crippen molar-refractivity contribution < 1.29 is 14.3 Å². The molecule has 1 amide bonds. The SMILES string of the molecule is CCCCC1CN(C(=O)C2CCCO2)Cc2ccccc2O1. The lowest BCUT2D eigenvalue weighted by Crippen LogP contribution is -2.42. The smallest absolute Gasteiger partial charge is 0.252 e. The van der Waals surface area contributed by atoms with Gasteiger partial charge in [-0.3, -0.25) is 4.79 Å². The predicted molar refractivity (Wildman–Crippen MR) is 84.8 cm³/mol. The van der Waals surface area contributed by atoms with Crippen LogP contribution in [0.4, 0.5) is 0 Å². The number of hydrogen-bond donors (Lipinski definition) is 0. The van der Waals surface area contributed by atoms with Crippen LogP contribution in [0.2, 0.25) is 0 Å². The quantitative estimate of drug-likeness (QED) is 0.857. The fourth-order valence-corrected chi connectivity index (χ4v) is 3.21. The molecule has 2 aliphatic rings. The van der Waals surface area contributed by atoms with E-state index in [0.29, 0.717) is 19.7 Å². The average molecular weight is 303 g/mol. The molecule has 3 rings (SSSR count). The third kappa shape index (κ3) is 3.43. The summed E-state index contributed by atoms with van der Waals surface area (Å²) in [5.41, 5.74) is 1.09. The number of rotatable bonds is 4. The van der Waals surface area contributed by atoms with Gasteiger partial charge in [-0.15, -0.1) is 0 Å². The van der Waals surface area contributed by atoms with Crippen molar-refractivity contribution in [2.24, 2.45) is 0 Å². The van der Waals surface area contributed by atoms with Gasteiger partial charge < -0.3 is 14.4 Å². The lowest BCUT2D eigenvalue weighted by atomic mass is 10.1. The molecule has 4 heteroatoms. The Morgan fingerprint density at radius 1 is 1.36 bits per heavy atom. The van der Waals surface area contributed by atoms with Crippen LogP contribution in [-0.4, -0.2) is 36.2 Å². The third-order valence-electron chi connectivity index (χ3n) is 4.45. The van der Waals surface area contributed by atoms with Gasteiger partial charge in [-0.05, 0) is 31.7 Å². The standard InChI is InChI=1S/C18H25NO3/c1-2-3-8-15-13-19(18(20)17-10-6-11-21-17)12-14-7-4-5-9-16(14)22-15/h4-5,7,9,15,17H,2-3,6,8,10-13H2,1H3. The van der Waals surface area contributed by atoms with E-state index in [-0.39, 0.29) is 18.1 Å². The Labute approximate surface area is 132 Å². The normalized spacial score (nSPS) is 24.5. The molecule has 2 atom stereocenters. The van der Waals surface area contributed by atoms with Gasteiger partial charge in [0.2, 0.25) is 0 Å². The molecule has 2 aliphatic heterocycles. The molecule has 22 heavy (non-hydrogen) atoms. The van der Waals surface area contributed by atoms with Crippen molar-refractivity contribution in [1.29, 1.82) is 0 Å². The van der Waals surface area contributed by atoms with E-state index in [1.165, 1.54) is 0 Å². The summed E-state index contributed by atoms with van der Waals surface area (Å²) >= 11 is 0. The molecule has 1 aromatic rings. The number of amides is 1. The Kier molecular flexibility index (Phi) is 4.98. The van der Waals surface area contributed by atoms with Crippen molar-refractivity contribution in [2.45, 2.75) is 57.8 Å². The Balaban J connectivity index is 1.78. The monoisotopic (exact) mass is 303 g/mol. The summed E-state index contributed by atoms with van der Waals surface area (Å²) in [4.78, 5) is 14.7. The van der Waals surface area contributed by atoms with E-state index in [1.54, 1.807) is 0 Å². The number of unbranched alkanes of at least 4 members (excludes halogenated alkanes) is 1. The molecule has 1 saturated heterocycles. The van der Waals surface area contributed by atoms with Gasteiger partial charge >= 0.3 is 0 Å². The summed E-state index contributed by atoms with van der Waals surface area (Å²) in [6.07, 6.45) is 4.90. The average Bonchev–Trinajstić information content (AvgIpc) is 3.00. The fraction of sp³-hybridized carbons (Fsp3) is 0.611. The van der Waals surface area contributed by atoms with Crippen molar-refractivity contribution in [2.75, 3.05) is 13.2 Å². The number of benzene rings is 1. The first kappa shape index (κ1) is 15.3. The first-order valence-corrected chi connectivity index (χ1v) is 8.43. The van der Waals surface area contributed by atoms with Gasteiger partial charge in [-0.2, -0.15) is 0 Å². The number of para-hydroxylation sites is 1. The van der Waals surface area contributed by atoms with Gasteiger partial charge in [0, 0.05) is 18.7 Å². The number of hydrogen-bond acceptors (Lipinski definition) is 3. The minimum Gasteiger partial charge on any atom is -0.488 e. The second-order valence-corrected chi connectivity index (χ2v) is 6.21. The number of nitrogens with zero attached hydrogens (tertiary/aromatic N) is 1. The van der Waals surface area contributed by atoms with Crippen LogP contribution in [0.3, 0.4) is 0 Å². The van der Waals surface area contributed by atoms with E-state index in [2.05, 4.69) is 6.92 Å². The Morgan fingerprint density at radius 3 is 3.00 bits per heavy atom. The summed E-state index contributed by atoms with van der Waals surface area (Å²) in [5.74, 6) is 1.05. The summed E-state index contributed by atoms with van der Waals surface area (Å²) in [7, 11) is 0. The van der Waals surface area contributed by atoms with Crippen molar-refractivity contribution >= 4 is 5.91 Å². The van der Waals surface area contributed by atoms with Crippen LogP contribution in [0.5, 0.6) is 5.75 Å². The minimum absolute atomic E-state index is 0.0777. The Hall–Kier alpha value is -1.55. The van der Waals surface area contributed by atoms with E-state index in [4.69, 9.17) is 9.47 Å². The Bertz CT molecular complexity index is 511. The molecular weight excluding hydrogens is 278 g/mol. The maximum atomic E-state index is 12.7.